The van der Waals surface area contributed by atoms with Crippen molar-refractivity contribution in [2.45, 2.75) is 18.2 Å². The standard InChI is InChI=1S/C12H16N2O3S/c1-10(9-15)8-14-18(16,17)12-4-2-11(3-5-12)6-7-13/h2-5,10,14-15H,6,8-9H2,1H3. The summed E-state index contributed by atoms with van der Waals surface area (Å²) in [5, 5.41) is 17.3. The minimum absolute atomic E-state index is 0.0658. The van der Waals surface area contributed by atoms with Crippen LogP contribution in [0.25, 0.3) is 0 Å². The molecular weight excluding hydrogens is 252 g/mol. The molecule has 0 bridgehead atoms. The largest absolute Gasteiger partial charge is 0.396 e. The number of aliphatic hydroxyl groups excluding tert-OH is 1. The van der Waals surface area contributed by atoms with Gasteiger partial charge in [-0.3, -0.25) is 0 Å². The van der Waals surface area contributed by atoms with Gasteiger partial charge in [0.25, 0.3) is 0 Å². The first-order valence-corrected chi connectivity index (χ1v) is 7.04. The van der Waals surface area contributed by atoms with E-state index in [1.165, 1.54) is 12.1 Å². The topological polar surface area (TPSA) is 90.2 Å². The van der Waals surface area contributed by atoms with Crippen molar-refractivity contribution in [1.29, 1.82) is 5.26 Å². The Balaban J connectivity index is 2.76. The van der Waals surface area contributed by atoms with Crippen molar-refractivity contribution in [2.24, 2.45) is 5.92 Å². The Hall–Kier alpha value is -1.42. The van der Waals surface area contributed by atoms with Crippen LogP contribution in [-0.2, 0) is 16.4 Å². The van der Waals surface area contributed by atoms with Crippen molar-refractivity contribution in [3.05, 3.63) is 29.8 Å². The zero-order chi connectivity index (χ0) is 13.6. The van der Waals surface area contributed by atoms with Gasteiger partial charge in [-0.1, -0.05) is 19.1 Å². The molecule has 0 saturated carbocycles. The summed E-state index contributed by atoms with van der Waals surface area (Å²) in [7, 11) is -3.54. The van der Waals surface area contributed by atoms with Gasteiger partial charge in [-0.05, 0) is 23.6 Å². The van der Waals surface area contributed by atoms with E-state index in [1.54, 1.807) is 19.1 Å². The number of benzene rings is 1. The third-order valence-corrected chi connectivity index (χ3v) is 3.89. The third kappa shape index (κ3) is 4.11. The van der Waals surface area contributed by atoms with E-state index in [0.29, 0.717) is 0 Å². The second kappa shape index (κ2) is 6.50. The number of nitrogens with zero attached hydrogens (tertiary/aromatic N) is 1. The normalized spacial score (nSPS) is 12.9. The maximum atomic E-state index is 11.9. The third-order valence-electron chi connectivity index (χ3n) is 2.45. The molecule has 1 aromatic rings. The van der Waals surface area contributed by atoms with Crippen LogP contribution < -0.4 is 4.72 Å². The quantitative estimate of drug-likeness (QED) is 0.793. The minimum atomic E-state index is -3.54. The van der Waals surface area contributed by atoms with E-state index < -0.39 is 10.0 Å². The number of hydrogen-bond acceptors (Lipinski definition) is 4. The van der Waals surface area contributed by atoms with Crippen molar-refractivity contribution in [3.8, 4) is 6.07 Å². The summed E-state index contributed by atoms with van der Waals surface area (Å²) in [6.45, 7) is 1.88. The monoisotopic (exact) mass is 268 g/mol. The minimum Gasteiger partial charge on any atom is -0.396 e. The van der Waals surface area contributed by atoms with Crippen LogP contribution in [0.3, 0.4) is 0 Å². The SMILES string of the molecule is CC(CO)CNS(=O)(=O)c1ccc(CC#N)cc1. The molecule has 0 amide bonds. The predicted molar refractivity (Wildman–Crippen MR) is 67.2 cm³/mol. The Bertz CT molecular complexity index is 517. The lowest BCUT2D eigenvalue weighted by atomic mass is 10.2. The summed E-state index contributed by atoms with van der Waals surface area (Å²) >= 11 is 0. The molecule has 1 atom stereocenters. The number of nitrogens with one attached hydrogen (secondary N) is 1. The second-order valence-electron chi connectivity index (χ2n) is 4.12. The highest BCUT2D eigenvalue weighted by atomic mass is 32.2. The van der Waals surface area contributed by atoms with Gasteiger partial charge in [0.05, 0.1) is 17.4 Å². The molecule has 0 aromatic heterocycles. The maximum Gasteiger partial charge on any atom is 0.240 e. The van der Waals surface area contributed by atoms with E-state index in [1.807, 2.05) is 6.07 Å². The molecule has 0 spiro atoms. The van der Waals surface area contributed by atoms with E-state index in [4.69, 9.17) is 10.4 Å². The lowest BCUT2D eigenvalue weighted by Crippen LogP contribution is -2.29. The van der Waals surface area contributed by atoms with E-state index >= 15 is 0 Å². The van der Waals surface area contributed by atoms with Gasteiger partial charge in [-0.2, -0.15) is 5.26 Å². The predicted octanol–water partition coefficient (Wildman–Crippen LogP) is 0.659. The summed E-state index contributed by atoms with van der Waals surface area (Å²) in [5.41, 5.74) is 0.778. The van der Waals surface area contributed by atoms with Crippen LogP contribution in [0.5, 0.6) is 0 Å². The van der Waals surface area contributed by atoms with Gasteiger partial charge >= 0.3 is 0 Å². The van der Waals surface area contributed by atoms with Gasteiger partial charge in [-0.25, -0.2) is 13.1 Å². The molecule has 2 N–H and O–H groups in total. The fourth-order valence-corrected chi connectivity index (χ4v) is 2.44. The Labute approximate surface area is 107 Å². The molecule has 1 unspecified atom stereocenters. The van der Waals surface area contributed by atoms with Crippen LogP contribution in [0.2, 0.25) is 0 Å². The lowest BCUT2D eigenvalue weighted by Gasteiger charge is -2.10. The number of sulfonamides is 1. The van der Waals surface area contributed by atoms with Crippen LogP contribution >= 0.6 is 0 Å². The number of aliphatic hydroxyl groups is 1. The van der Waals surface area contributed by atoms with E-state index in [9.17, 15) is 8.42 Å². The first-order valence-electron chi connectivity index (χ1n) is 5.56. The summed E-state index contributed by atoms with van der Waals surface area (Å²) in [6.07, 6.45) is 0.259. The van der Waals surface area contributed by atoms with Crippen LogP contribution in [0, 0.1) is 17.2 Å². The molecule has 0 radical (unpaired) electrons. The Morgan fingerprint density at radius 2 is 2.00 bits per heavy atom. The Kier molecular flexibility index (Phi) is 5.28. The summed E-state index contributed by atoms with van der Waals surface area (Å²) in [6, 6.07) is 8.18. The van der Waals surface area contributed by atoms with Crippen molar-refractivity contribution < 1.29 is 13.5 Å². The van der Waals surface area contributed by atoms with Crippen LogP contribution in [0.4, 0.5) is 0 Å². The fraction of sp³-hybridized carbons (Fsp3) is 0.417. The molecule has 5 nitrogen and oxygen atoms in total. The summed E-state index contributed by atoms with van der Waals surface area (Å²) < 4.78 is 26.2. The van der Waals surface area contributed by atoms with E-state index in [0.717, 1.165) is 5.56 Å². The molecule has 18 heavy (non-hydrogen) atoms. The highest BCUT2D eigenvalue weighted by Gasteiger charge is 2.14. The van der Waals surface area contributed by atoms with Gasteiger partial charge in [0, 0.05) is 13.2 Å². The molecule has 0 aliphatic heterocycles. The molecule has 0 aliphatic rings. The van der Waals surface area contributed by atoms with Gasteiger partial charge in [0.2, 0.25) is 10.0 Å². The number of nitriles is 1. The van der Waals surface area contributed by atoms with Gasteiger partial charge in [0.1, 0.15) is 0 Å². The Morgan fingerprint density at radius 3 is 2.50 bits per heavy atom. The van der Waals surface area contributed by atoms with E-state index in [2.05, 4.69) is 4.72 Å². The van der Waals surface area contributed by atoms with Crippen LogP contribution in [0.1, 0.15) is 12.5 Å². The zero-order valence-electron chi connectivity index (χ0n) is 10.1. The first kappa shape index (κ1) is 14.6. The van der Waals surface area contributed by atoms with Gasteiger partial charge < -0.3 is 5.11 Å². The highest BCUT2D eigenvalue weighted by molar-refractivity contribution is 7.89. The van der Waals surface area contributed by atoms with E-state index in [-0.39, 0.29) is 30.4 Å². The van der Waals surface area contributed by atoms with Crippen molar-refractivity contribution >= 4 is 10.0 Å². The highest BCUT2D eigenvalue weighted by Crippen LogP contribution is 2.11. The smallest absolute Gasteiger partial charge is 0.240 e. The average molecular weight is 268 g/mol. The zero-order valence-corrected chi connectivity index (χ0v) is 10.9. The molecule has 98 valence electrons. The van der Waals surface area contributed by atoms with Crippen molar-refractivity contribution in [3.63, 3.8) is 0 Å². The molecule has 6 heteroatoms. The maximum absolute atomic E-state index is 11.9. The van der Waals surface area contributed by atoms with Crippen molar-refractivity contribution in [1.82, 2.24) is 4.72 Å². The summed E-state index contributed by atoms with van der Waals surface area (Å²) in [4.78, 5) is 0.161. The molecule has 0 fully saturated rings. The number of rotatable bonds is 6. The van der Waals surface area contributed by atoms with Crippen molar-refractivity contribution in [2.75, 3.05) is 13.2 Å². The molecule has 0 saturated heterocycles. The first-order chi connectivity index (χ1) is 8.49. The molecule has 1 rings (SSSR count). The molecular formula is C12H16N2O3S. The van der Waals surface area contributed by atoms with Crippen LogP contribution in [0.15, 0.2) is 29.2 Å². The molecule has 0 heterocycles. The summed E-state index contributed by atoms with van der Waals surface area (Å²) in [5.74, 6) is -0.127. The Morgan fingerprint density at radius 1 is 1.39 bits per heavy atom. The lowest BCUT2D eigenvalue weighted by molar-refractivity contribution is 0.238. The molecule has 0 aliphatic carbocycles. The van der Waals surface area contributed by atoms with Gasteiger partial charge in [-0.15, -0.1) is 0 Å². The average Bonchev–Trinajstić information content (AvgIpc) is 2.37. The number of hydrogen-bond donors (Lipinski definition) is 2. The van der Waals surface area contributed by atoms with Crippen LogP contribution in [-0.4, -0.2) is 26.7 Å². The second-order valence-corrected chi connectivity index (χ2v) is 5.89. The van der Waals surface area contributed by atoms with Gasteiger partial charge in [0.15, 0.2) is 0 Å². The fourth-order valence-electron chi connectivity index (χ4n) is 1.28. The molecule has 1 aromatic carbocycles.